The number of anilines is 2. The van der Waals surface area contributed by atoms with Crippen LogP contribution in [0.4, 0.5) is 11.4 Å². The highest BCUT2D eigenvalue weighted by molar-refractivity contribution is 7.92. The Morgan fingerprint density at radius 3 is 2.33 bits per heavy atom. The standard InChI is InChI=1S/C16H16Cl2N2O3S/c1-10-4-6-12(9-14(10)18)19-16(21)11-5-7-13(17)15(8-11)20(2)24(3,22)23/h4-9H,1-3H3,(H,19,21). The lowest BCUT2D eigenvalue weighted by Crippen LogP contribution is -2.25. The van der Waals surface area contributed by atoms with Gasteiger partial charge in [-0.3, -0.25) is 9.10 Å². The molecule has 1 N–H and O–H groups in total. The molecule has 0 aliphatic rings. The van der Waals surface area contributed by atoms with Crippen molar-refractivity contribution < 1.29 is 13.2 Å². The van der Waals surface area contributed by atoms with Crippen molar-refractivity contribution in [2.45, 2.75) is 6.92 Å². The smallest absolute Gasteiger partial charge is 0.255 e. The highest BCUT2D eigenvalue weighted by atomic mass is 35.5. The van der Waals surface area contributed by atoms with Crippen molar-refractivity contribution in [3.63, 3.8) is 0 Å². The molecule has 1 amide bonds. The van der Waals surface area contributed by atoms with Crippen molar-refractivity contribution >= 4 is 50.5 Å². The second-order valence-corrected chi connectivity index (χ2v) is 8.14. The number of sulfonamides is 1. The molecule has 0 aliphatic carbocycles. The third-order valence-corrected chi connectivity index (χ3v) is 5.39. The van der Waals surface area contributed by atoms with Crippen LogP contribution < -0.4 is 9.62 Å². The summed E-state index contributed by atoms with van der Waals surface area (Å²) in [5, 5.41) is 3.49. The fourth-order valence-electron chi connectivity index (χ4n) is 1.95. The number of rotatable bonds is 4. The van der Waals surface area contributed by atoms with Crippen LogP contribution in [0.3, 0.4) is 0 Å². The molecule has 8 heteroatoms. The molecule has 2 aromatic rings. The van der Waals surface area contributed by atoms with Crippen LogP contribution in [0.15, 0.2) is 36.4 Å². The van der Waals surface area contributed by atoms with Gasteiger partial charge >= 0.3 is 0 Å². The predicted molar refractivity (Wildman–Crippen MR) is 98.8 cm³/mol. The number of hydrogen-bond acceptors (Lipinski definition) is 3. The molecule has 0 bridgehead atoms. The average molecular weight is 387 g/mol. The zero-order valence-corrected chi connectivity index (χ0v) is 15.6. The predicted octanol–water partition coefficient (Wildman–Crippen LogP) is 3.95. The Hall–Kier alpha value is -1.76. The second kappa shape index (κ2) is 7.01. The Morgan fingerprint density at radius 2 is 1.75 bits per heavy atom. The highest BCUT2D eigenvalue weighted by Crippen LogP contribution is 2.28. The zero-order valence-electron chi connectivity index (χ0n) is 13.3. The van der Waals surface area contributed by atoms with Crippen LogP contribution >= 0.6 is 23.2 Å². The quantitative estimate of drug-likeness (QED) is 0.864. The molecule has 0 saturated carbocycles. The summed E-state index contributed by atoms with van der Waals surface area (Å²) in [6, 6.07) is 9.60. The number of nitrogens with zero attached hydrogens (tertiary/aromatic N) is 1. The summed E-state index contributed by atoms with van der Waals surface area (Å²) in [7, 11) is -2.12. The molecule has 0 heterocycles. The molecule has 0 fully saturated rings. The van der Waals surface area contributed by atoms with Gasteiger partial charge in [-0.15, -0.1) is 0 Å². The number of benzene rings is 2. The van der Waals surface area contributed by atoms with Gasteiger partial charge in [0.1, 0.15) is 0 Å². The van der Waals surface area contributed by atoms with E-state index in [1.54, 1.807) is 18.2 Å². The molecule has 0 saturated heterocycles. The SMILES string of the molecule is Cc1ccc(NC(=O)c2ccc(Cl)c(N(C)S(C)(=O)=O)c2)cc1Cl. The van der Waals surface area contributed by atoms with E-state index in [4.69, 9.17) is 23.2 Å². The Kier molecular flexibility index (Phi) is 5.42. The van der Waals surface area contributed by atoms with E-state index >= 15 is 0 Å². The molecule has 0 unspecified atom stereocenters. The maximum atomic E-state index is 12.4. The topological polar surface area (TPSA) is 66.5 Å². The number of carbonyl (C=O) groups is 1. The van der Waals surface area contributed by atoms with Gasteiger partial charge in [0.2, 0.25) is 10.0 Å². The van der Waals surface area contributed by atoms with E-state index < -0.39 is 15.9 Å². The van der Waals surface area contributed by atoms with Gasteiger partial charge in [-0.05, 0) is 42.8 Å². The molecule has 2 rings (SSSR count). The molecular formula is C16H16Cl2N2O3S. The first-order valence-electron chi connectivity index (χ1n) is 6.90. The molecule has 0 aliphatic heterocycles. The van der Waals surface area contributed by atoms with Crippen LogP contribution in [0.5, 0.6) is 0 Å². The summed E-state index contributed by atoms with van der Waals surface area (Å²) < 4.78 is 24.4. The molecule has 0 aromatic heterocycles. The summed E-state index contributed by atoms with van der Waals surface area (Å²) in [4.78, 5) is 12.4. The van der Waals surface area contributed by atoms with E-state index in [1.165, 1.54) is 25.2 Å². The van der Waals surface area contributed by atoms with Gasteiger partial charge in [-0.25, -0.2) is 8.42 Å². The van der Waals surface area contributed by atoms with Gasteiger partial charge in [0, 0.05) is 23.3 Å². The Balaban J connectivity index is 2.31. The van der Waals surface area contributed by atoms with Crippen molar-refractivity contribution in [3.8, 4) is 0 Å². The maximum absolute atomic E-state index is 12.4. The van der Waals surface area contributed by atoms with Gasteiger partial charge in [0.15, 0.2) is 0 Å². The Bertz CT molecular complexity index is 898. The summed E-state index contributed by atoms with van der Waals surface area (Å²) in [5.74, 6) is -0.394. The van der Waals surface area contributed by atoms with Gasteiger partial charge in [-0.2, -0.15) is 0 Å². The van der Waals surface area contributed by atoms with Gasteiger partial charge in [0.05, 0.1) is 17.0 Å². The Morgan fingerprint density at radius 1 is 1.08 bits per heavy atom. The lowest BCUT2D eigenvalue weighted by molar-refractivity contribution is 0.102. The summed E-state index contributed by atoms with van der Waals surface area (Å²) in [6.07, 6.45) is 1.06. The van der Waals surface area contributed by atoms with Crippen molar-refractivity contribution in [3.05, 3.63) is 57.6 Å². The Labute approximate surface area is 151 Å². The highest BCUT2D eigenvalue weighted by Gasteiger charge is 2.17. The third kappa shape index (κ3) is 4.20. The first-order valence-corrected chi connectivity index (χ1v) is 9.51. The van der Waals surface area contributed by atoms with Crippen molar-refractivity contribution in [2.75, 3.05) is 22.9 Å². The fourth-order valence-corrected chi connectivity index (χ4v) is 2.93. The van der Waals surface area contributed by atoms with Gasteiger partial charge in [-0.1, -0.05) is 29.3 Å². The van der Waals surface area contributed by atoms with Crippen LogP contribution in [0.25, 0.3) is 0 Å². The first-order chi connectivity index (χ1) is 11.1. The van der Waals surface area contributed by atoms with E-state index in [-0.39, 0.29) is 16.3 Å². The number of halogens is 2. The van der Waals surface area contributed by atoms with E-state index in [0.717, 1.165) is 16.1 Å². The number of amides is 1. The second-order valence-electron chi connectivity index (χ2n) is 5.31. The van der Waals surface area contributed by atoms with Crippen molar-refractivity contribution in [1.29, 1.82) is 0 Å². The minimum absolute atomic E-state index is 0.230. The van der Waals surface area contributed by atoms with Crippen molar-refractivity contribution in [1.82, 2.24) is 0 Å². The largest absolute Gasteiger partial charge is 0.322 e. The number of nitrogens with one attached hydrogen (secondary N) is 1. The molecular weight excluding hydrogens is 371 g/mol. The van der Waals surface area contributed by atoms with Gasteiger partial charge < -0.3 is 5.32 Å². The molecule has 24 heavy (non-hydrogen) atoms. The normalized spacial score (nSPS) is 11.2. The van der Waals surface area contributed by atoms with Crippen LogP contribution in [0.1, 0.15) is 15.9 Å². The fraction of sp³-hybridized carbons (Fsp3) is 0.188. The lowest BCUT2D eigenvalue weighted by atomic mass is 10.1. The summed E-state index contributed by atoms with van der Waals surface area (Å²) in [5.41, 5.74) is 1.96. The minimum Gasteiger partial charge on any atom is -0.322 e. The molecule has 5 nitrogen and oxygen atoms in total. The summed E-state index contributed by atoms with van der Waals surface area (Å²) in [6.45, 7) is 1.86. The van der Waals surface area contributed by atoms with Crippen LogP contribution in [0, 0.1) is 6.92 Å². The number of carbonyl (C=O) groups excluding carboxylic acids is 1. The van der Waals surface area contributed by atoms with Crippen molar-refractivity contribution in [2.24, 2.45) is 0 Å². The third-order valence-electron chi connectivity index (χ3n) is 3.47. The average Bonchev–Trinajstić information content (AvgIpc) is 2.49. The van der Waals surface area contributed by atoms with E-state index in [0.29, 0.717) is 10.7 Å². The van der Waals surface area contributed by atoms with Crippen LogP contribution in [-0.2, 0) is 10.0 Å². The molecule has 0 radical (unpaired) electrons. The molecule has 2 aromatic carbocycles. The number of hydrogen-bond donors (Lipinski definition) is 1. The van der Waals surface area contributed by atoms with E-state index in [1.807, 2.05) is 6.92 Å². The van der Waals surface area contributed by atoms with Crippen LogP contribution in [-0.4, -0.2) is 27.6 Å². The first kappa shape index (κ1) is 18.6. The lowest BCUT2D eigenvalue weighted by Gasteiger charge is -2.19. The maximum Gasteiger partial charge on any atom is 0.255 e. The summed E-state index contributed by atoms with van der Waals surface area (Å²) >= 11 is 12.1. The zero-order chi connectivity index (χ0) is 18.1. The molecule has 0 atom stereocenters. The number of aryl methyl sites for hydroxylation is 1. The monoisotopic (exact) mass is 386 g/mol. The van der Waals surface area contributed by atoms with Gasteiger partial charge in [0.25, 0.3) is 5.91 Å². The van der Waals surface area contributed by atoms with E-state index in [2.05, 4.69) is 5.32 Å². The minimum atomic E-state index is -3.49. The van der Waals surface area contributed by atoms with Crippen LogP contribution in [0.2, 0.25) is 10.0 Å². The molecule has 0 spiro atoms. The van der Waals surface area contributed by atoms with E-state index in [9.17, 15) is 13.2 Å². The molecule has 128 valence electrons.